The summed E-state index contributed by atoms with van der Waals surface area (Å²) in [7, 11) is 0. The molecule has 0 aliphatic heterocycles. The van der Waals surface area contributed by atoms with Gasteiger partial charge in [0.1, 0.15) is 0 Å². The molecule has 0 radical (unpaired) electrons. The van der Waals surface area contributed by atoms with Crippen molar-refractivity contribution in [2.75, 3.05) is 0 Å². The van der Waals surface area contributed by atoms with Crippen LogP contribution in [0.1, 0.15) is 5.56 Å². The second kappa shape index (κ2) is 5.16. The van der Waals surface area contributed by atoms with Crippen molar-refractivity contribution in [3.05, 3.63) is 59.9 Å². The van der Waals surface area contributed by atoms with Gasteiger partial charge in [-0.15, -0.1) is 29.8 Å². The van der Waals surface area contributed by atoms with Crippen molar-refractivity contribution in [3.8, 4) is 11.1 Å². The smallest absolute Gasteiger partial charge is 0.265 e. The molecule has 2 aromatic rings. The molecular formula is C13H10FLi. The Bertz CT molecular complexity index is 452. The monoisotopic (exact) mass is 192 g/mol. The molecule has 15 heavy (non-hydrogen) atoms. The quantitative estimate of drug-likeness (QED) is 0.458. The molecule has 0 nitrogen and oxygen atoms in total. The standard InChI is InChI=1S/C13H10F.Li/c1-10-5-4-6-11(9-10)12-7-2-3-8-13(12)14;/h2-6,8-9H,1H3;/q-1;+1. The van der Waals surface area contributed by atoms with Crippen LogP contribution in [0.25, 0.3) is 11.1 Å². The molecule has 70 valence electrons. The topological polar surface area (TPSA) is 0 Å². The fraction of sp³-hybridized carbons (Fsp3) is 0.0769. The van der Waals surface area contributed by atoms with E-state index in [1.54, 1.807) is 12.1 Å². The average Bonchev–Trinajstić information content (AvgIpc) is 2.18. The maximum Gasteiger partial charge on any atom is 1.00 e. The van der Waals surface area contributed by atoms with Crippen LogP contribution < -0.4 is 18.9 Å². The number of benzene rings is 2. The van der Waals surface area contributed by atoms with Crippen molar-refractivity contribution in [2.45, 2.75) is 6.92 Å². The molecule has 0 N–H and O–H groups in total. The van der Waals surface area contributed by atoms with E-state index in [-0.39, 0.29) is 24.7 Å². The van der Waals surface area contributed by atoms with Crippen LogP contribution in [-0.4, -0.2) is 0 Å². The van der Waals surface area contributed by atoms with E-state index < -0.39 is 0 Å². The molecule has 0 saturated carbocycles. The fourth-order valence-corrected chi connectivity index (χ4v) is 1.44. The van der Waals surface area contributed by atoms with Crippen LogP contribution in [-0.2, 0) is 0 Å². The Kier molecular flexibility index (Phi) is 4.14. The van der Waals surface area contributed by atoms with E-state index in [0.29, 0.717) is 5.56 Å². The SMILES string of the molecule is Cc1cccc(-c2[c-]cccc2F)c1.[Li+]. The third-order valence-corrected chi connectivity index (χ3v) is 2.11. The van der Waals surface area contributed by atoms with Gasteiger partial charge in [0.25, 0.3) is 0 Å². The Hall–Kier alpha value is -1.03. The van der Waals surface area contributed by atoms with Crippen LogP contribution in [0.15, 0.2) is 42.5 Å². The fourth-order valence-electron chi connectivity index (χ4n) is 1.44. The minimum Gasteiger partial charge on any atom is -0.265 e. The second-order valence-electron chi connectivity index (χ2n) is 3.26. The number of aryl methyl sites for hydroxylation is 1. The molecule has 0 amide bonds. The van der Waals surface area contributed by atoms with Crippen molar-refractivity contribution in [2.24, 2.45) is 0 Å². The summed E-state index contributed by atoms with van der Waals surface area (Å²) >= 11 is 0. The molecule has 0 atom stereocenters. The van der Waals surface area contributed by atoms with Crippen LogP contribution in [0.4, 0.5) is 4.39 Å². The molecule has 0 bridgehead atoms. The van der Waals surface area contributed by atoms with Gasteiger partial charge in [-0.1, -0.05) is 35.4 Å². The molecule has 0 fully saturated rings. The van der Waals surface area contributed by atoms with E-state index in [0.717, 1.165) is 11.1 Å². The predicted molar refractivity (Wildman–Crippen MR) is 55.4 cm³/mol. The molecule has 2 aromatic carbocycles. The van der Waals surface area contributed by atoms with E-state index in [1.165, 1.54) is 6.07 Å². The Balaban J connectivity index is 0.00000112. The third-order valence-electron chi connectivity index (χ3n) is 2.11. The first kappa shape index (κ1) is 12.0. The average molecular weight is 192 g/mol. The molecule has 0 saturated heterocycles. The van der Waals surface area contributed by atoms with E-state index >= 15 is 0 Å². The summed E-state index contributed by atoms with van der Waals surface area (Å²) in [4.78, 5) is 0. The van der Waals surface area contributed by atoms with E-state index in [2.05, 4.69) is 6.07 Å². The zero-order valence-electron chi connectivity index (χ0n) is 8.92. The summed E-state index contributed by atoms with van der Waals surface area (Å²) in [5.41, 5.74) is 2.54. The summed E-state index contributed by atoms with van der Waals surface area (Å²) in [5.74, 6) is -0.224. The van der Waals surface area contributed by atoms with Gasteiger partial charge >= 0.3 is 18.9 Å². The first-order valence-corrected chi connectivity index (χ1v) is 4.50. The van der Waals surface area contributed by atoms with Gasteiger partial charge in [0, 0.05) is 5.82 Å². The predicted octanol–water partition coefficient (Wildman–Crippen LogP) is 0.605. The van der Waals surface area contributed by atoms with Crippen molar-refractivity contribution >= 4 is 0 Å². The number of halogens is 1. The third kappa shape index (κ3) is 2.72. The van der Waals surface area contributed by atoms with Crippen LogP contribution in [0.3, 0.4) is 0 Å². The van der Waals surface area contributed by atoms with Crippen LogP contribution in [0.2, 0.25) is 0 Å². The molecule has 0 heterocycles. The van der Waals surface area contributed by atoms with Gasteiger partial charge in [0.2, 0.25) is 0 Å². The van der Waals surface area contributed by atoms with E-state index in [4.69, 9.17) is 0 Å². The van der Waals surface area contributed by atoms with Crippen LogP contribution >= 0.6 is 0 Å². The van der Waals surface area contributed by atoms with Crippen molar-refractivity contribution in [3.63, 3.8) is 0 Å². The van der Waals surface area contributed by atoms with Crippen molar-refractivity contribution in [1.82, 2.24) is 0 Å². The van der Waals surface area contributed by atoms with E-state index in [1.807, 2.05) is 31.2 Å². The largest absolute Gasteiger partial charge is 1.00 e. The van der Waals surface area contributed by atoms with E-state index in [9.17, 15) is 4.39 Å². The van der Waals surface area contributed by atoms with Gasteiger partial charge in [-0.05, 0) is 6.92 Å². The molecule has 0 spiro atoms. The van der Waals surface area contributed by atoms with Gasteiger partial charge in [-0.3, -0.25) is 4.39 Å². The van der Waals surface area contributed by atoms with Gasteiger partial charge < -0.3 is 0 Å². The summed E-state index contributed by atoms with van der Waals surface area (Å²) in [6, 6.07) is 15.5. The van der Waals surface area contributed by atoms with Gasteiger partial charge in [-0.2, -0.15) is 0 Å². The van der Waals surface area contributed by atoms with Gasteiger partial charge in [0.05, 0.1) is 0 Å². The molecule has 0 aliphatic rings. The number of hydrogen-bond acceptors (Lipinski definition) is 0. The summed E-state index contributed by atoms with van der Waals surface area (Å²) < 4.78 is 13.4. The number of hydrogen-bond donors (Lipinski definition) is 0. The molecule has 2 heteroatoms. The molecule has 0 aromatic heterocycles. The minimum absolute atomic E-state index is 0. The molecule has 0 unspecified atom stereocenters. The number of rotatable bonds is 1. The maximum absolute atomic E-state index is 13.4. The van der Waals surface area contributed by atoms with Gasteiger partial charge in [-0.25, -0.2) is 0 Å². The first-order valence-electron chi connectivity index (χ1n) is 4.50. The summed E-state index contributed by atoms with van der Waals surface area (Å²) in [5, 5.41) is 0. The zero-order chi connectivity index (χ0) is 9.97. The normalized spacial score (nSPS) is 9.47. The second-order valence-corrected chi connectivity index (χ2v) is 3.26. The molecular weight excluding hydrogens is 182 g/mol. The van der Waals surface area contributed by atoms with Gasteiger partial charge in [0.15, 0.2) is 0 Å². The van der Waals surface area contributed by atoms with Crippen molar-refractivity contribution in [1.29, 1.82) is 0 Å². The summed E-state index contributed by atoms with van der Waals surface area (Å²) in [6.07, 6.45) is 0. The Morgan fingerprint density at radius 1 is 1.13 bits per heavy atom. The van der Waals surface area contributed by atoms with Crippen LogP contribution in [0, 0.1) is 18.8 Å². The first-order chi connectivity index (χ1) is 6.77. The molecule has 0 aliphatic carbocycles. The zero-order valence-corrected chi connectivity index (χ0v) is 8.92. The maximum atomic E-state index is 13.4. The molecule has 2 rings (SSSR count). The Morgan fingerprint density at radius 3 is 2.60 bits per heavy atom. The van der Waals surface area contributed by atoms with Crippen molar-refractivity contribution < 1.29 is 23.3 Å². The minimum atomic E-state index is -0.224. The summed E-state index contributed by atoms with van der Waals surface area (Å²) in [6.45, 7) is 1.99. The Labute approximate surface area is 101 Å². The Morgan fingerprint density at radius 2 is 1.93 bits per heavy atom. The van der Waals surface area contributed by atoms with Crippen LogP contribution in [0.5, 0.6) is 0 Å².